The minimum absolute atomic E-state index is 0.150. The molecule has 2 unspecified atom stereocenters. The molecule has 0 N–H and O–H groups in total. The number of rotatable bonds is 47. The predicted octanol–water partition coefficient (Wildman–Crippen LogP) is 12.7. The molecule has 0 aliphatic rings. The molecule has 9 nitrogen and oxygen atoms in total. The van der Waals surface area contributed by atoms with Gasteiger partial charge in [-0.05, 0) is 44.9 Å². The van der Waals surface area contributed by atoms with Crippen LogP contribution < -0.4 is 5.11 Å². The third-order valence-electron chi connectivity index (χ3n) is 11.2. The van der Waals surface area contributed by atoms with Crippen LogP contribution in [-0.4, -0.2) is 82.3 Å². The third-order valence-corrected chi connectivity index (χ3v) is 11.2. The maximum absolute atomic E-state index is 12.7. The molecule has 0 aromatic rings. The van der Waals surface area contributed by atoms with Crippen LogP contribution in [0, 0.1) is 0 Å². The molecular weight excluding hydrogens is 767 g/mol. The van der Waals surface area contributed by atoms with E-state index in [2.05, 4.69) is 38.2 Å². The second-order valence-corrected chi connectivity index (χ2v) is 18.5. The summed E-state index contributed by atoms with van der Waals surface area (Å²) in [7, 11) is 5.91. The number of unbranched alkanes of at least 4 members (excludes halogenated alkanes) is 28. The Morgan fingerprint density at radius 3 is 1.30 bits per heavy atom. The molecule has 0 saturated heterocycles. The Kier molecular flexibility index (Phi) is 42.8. The Balaban J connectivity index is 4.04. The van der Waals surface area contributed by atoms with Crippen molar-refractivity contribution in [1.29, 1.82) is 0 Å². The number of likely N-dealkylation sites (N-methyl/N-ethyl adjacent to an activating group) is 1. The van der Waals surface area contributed by atoms with Gasteiger partial charge in [0.1, 0.15) is 13.2 Å². The van der Waals surface area contributed by atoms with E-state index < -0.39 is 24.3 Å². The first-order valence-electron chi connectivity index (χ1n) is 25.5. The third kappa shape index (κ3) is 45.6. The van der Waals surface area contributed by atoms with Crippen LogP contribution in [0.3, 0.4) is 0 Å². The summed E-state index contributed by atoms with van der Waals surface area (Å²) in [6.07, 6.45) is 46.8. The van der Waals surface area contributed by atoms with Crippen molar-refractivity contribution >= 4 is 17.9 Å². The van der Waals surface area contributed by atoms with Gasteiger partial charge in [-0.1, -0.05) is 199 Å². The van der Waals surface area contributed by atoms with E-state index in [-0.39, 0.29) is 32.2 Å². The van der Waals surface area contributed by atoms with Crippen molar-refractivity contribution in [3.63, 3.8) is 0 Å². The van der Waals surface area contributed by atoms with Gasteiger partial charge in [0.25, 0.3) is 0 Å². The molecule has 0 aromatic heterocycles. The zero-order valence-corrected chi connectivity index (χ0v) is 40.5. The summed E-state index contributed by atoms with van der Waals surface area (Å²) >= 11 is 0. The molecule has 0 rings (SSSR count). The number of carboxylic acid groups (broad SMARTS) is 1. The predicted molar refractivity (Wildman–Crippen MR) is 251 cm³/mol. The summed E-state index contributed by atoms with van der Waals surface area (Å²) in [5.41, 5.74) is 0. The average molecular weight is 864 g/mol. The normalized spacial score (nSPS) is 13.0. The molecule has 0 spiro atoms. The van der Waals surface area contributed by atoms with Crippen LogP contribution in [-0.2, 0) is 33.3 Å². The molecule has 0 aliphatic heterocycles. The van der Waals surface area contributed by atoms with E-state index in [1.165, 1.54) is 161 Å². The zero-order chi connectivity index (χ0) is 44.9. The highest BCUT2D eigenvalue weighted by Gasteiger charge is 2.22. The van der Waals surface area contributed by atoms with Crippen molar-refractivity contribution in [3.8, 4) is 0 Å². The number of ether oxygens (including phenoxy) is 4. The van der Waals surface area contributed by atoms with Crippen molar-refractivity contribution in [3.05, 3.63) is 24.3 Å². The van der Waals surface area contributed by atoms with E-state index in [1.54, 1.807) is 0 Å². The molecular formula is C52H97NO8. The molecule has 0 amide bonds. The molecule has 0 radical (unpaired) electrons. The molecule has 0 fully saturated rings. The standard InChI is InChI=1S/C52H97NO8/c1-6-8-10-12-14-15-16-17-18-19-20-21-22-23-24-25-26-27-28-29-30-31-32-33-34-35-37-39-41-43-50(55)61-48(46-59-49(54)42-40-38-36-13-11-9-7-2)47-60-52(51(56)57)58-45-44-53(3,4)5/h16-17,19-20,48,52H,6-15,18,21-47H2,1-5H3/b17-16-,20-19-. The maximum Gasteiger partial charge on any atom is 0.306 e. The summed E-state index contributed by atoms with van der Waals surface area (Å²) in [5, 5.41) is 11.7. The van der Waals surface area contributed by atoms with Gasteiger partial charge in [0.2, 0.25) is 0 Å². The number of hydrogen-bond donors (Lipinski definition) is 0. The quantitative estimate of drug-likeness (QED) is 0.0195. The SMILES string of the molecule is CCCCCCC/C=C\C/C=C\CCCCCCCCCCCCCCCCCCCC(=O)OC(COC(=O)CCCCCCCCC)COC(OCC[N+](C)(C)C)C(=O)[O-]. The van der Waals surface area contributed by atoms with Gasteiger partial charge in [0, 0.05) is 12.8 Å². The lowest BCUT2D eigenvalue weighted by molar-refractivity contribution is -0.870. The molecule has 0 heterocycles. The molecule has 0 bridgehead atoms. The number of carboxylic acids is 1. The number of aliphatic carboxylic acids is 1. The minimum Gasteiger partial charge on any atom is -0.545 e. The van der Waals surface area contributed by atoms with Gasteiger partial charge in [-0.2, -0.15) is 0 Å². The van der Waals surface area contributed by atoms with Crippen LogP contribution in [0.1, 0.15) is 232 Å². The second kappa shape index (κ2) is 44.4. The minimum atomic E-state index is -1.61. The number of carbonyl (C=O) groups is 3. The fourth-order valence-corrected chi connectivity index (χ4v) is 7.21. The first-order chi connectivity index (χ1) is 29.6. The van der Waals surface area contributed by atoms with E-state index in [4.69, 9.17) is 18.9 Å². The number of quaternary nitrogens is 1. The van der Waals surface area contributed by atoms with E-state index in [0.717, 1.165) is 44.9 Å². The van der Waals surface area contributed by atoms with Gasteiger partial charge in [-0.15, -0.1) is 0 Å². The van der Waals surface area contributed by atoms with Crippen molar-refractivity contribution < 1.29 is 42.9 Å². The van der Waals surface area contributed by atoms with Gasteiger partial charge in [-0.25, -0.2) is 0 Å². The fraction of sp³-hybridized carbons (Fsp3) is 0.865. The molecule has 2 atom stereocenters. The van der Waals surface area contributed by atoms with E-state index in [1.807, 2.05) is 21.1 Å². The first kappa shape index (κ1) is 58.8. The lowest BCUT2D eigenvalue weighted by atomic mass is 10.0. The largest absolute Gasteiger partial charge is 0.545 e. The van der Waals surface area contributed by atoms with E-state index >= 15 is 0 Å². The Morgan fingerprint density at radius 1 is 0.492 bits per heavy atom. The smallest absolute Gasteiger partial charge is 0.306 e. The summed E-state index contributed by atoms with van der Waals surface area (Å²) in [6, 6.07) is 0. The van der Waals surface area contributed by atoms with Crippen LogP contribution in [0.2, 0.25) is 0 Å². The number of nitrogens with zero attached hydrogens (tertiary/aromatic N) is 1. The Labute approximate surface area is 376 Å². The summed E-state index contributed by atoms with van der Waals surface area (Å²) < 4.78 is 22.5. The van der Waals surface area contributed by atoms with Crippen molar-refractivity contribution in [1.82, 2.24) is 0 Å². The first-order valence-corrected chi connectivity index (χ1v) is 25.5. The van der Waals surface area contributed by atoms with Crippen molar-refractivity contribution in [2.24, 2.45) is 0 Å². The van der Waals surface area contributed by atoms with Crippen LogP contribution in [0.15, 0.2) is 24.3 Å². The monoisotopic (exact) mass is 864 g/mol. The van der Waals surface area contributed by atoms with Crippen LogP contribution in [0.5, 0.6) is 0 Å². The summed E-state index contributed by atoms with van der Waals surface area (Å²) in [4.78, 5) is 36.8. The van der Waals surface area contributed by atoms with Gasteiger partial charge >= 0.3 is 11.9 Å². The van der Waals surface area contributed by atoms with E-state index in [9.17, 15) is 19.5 Å². The van der Waals surface area contributed by atoms with Crippen molar-refractivity contribution in [2.45, 2.75) is 245 Å². The molecule has 9 heteroatoms. The van der Waals surface area contributed by atoms with Gasteiger partial charge in [0.15, 0.2) is 12.4 Å². The van der Waals surface area contributed by atoms with Crippen LogP contribution in [0.4, 0.5) is 0 Å². The van der Waals surface area contributed by atoms with Gasteiger partial charge in [-0.3, -0.25) is 9.59 Å². The number of allylic oxidation sites excluding steroid dienone is 4. The van der Waals surface area contributed by atoms with E-state index in [0.29, 0.717) is 17.4 Å². The molecule has 0 saturated carbocycles. The summed E-state index contributed by atoms with van der Waals surface area (Å²) in [5.74, 6) is -2.28. The van der Waals surface area contributed by atoms with Gasteiger partial charge in [0.05, 0.1) is 40.3 Å². The van der Waals surface area contributed by atoms with Crippen LogP contribution >= 0.6 is 0 Å². The average Bonchev–Trinajstić information content (AvgIpc) is 3.22. The number of carbonyl (C=O) groups excluding carboxylic acids is 3. The Morgan fingerprint density at radius 2 is 0.885 bits per heavy atom. The topological polar surface area (TPSA) is 111 Å². The summed E-state index contributed by atoms with van der Waals surface area (Å²) in [6.45, 7) is 4.70. The molecule has 61 heavy (non-hydrogen) atoms. The maximum atomic E-state index is 12.7. The fourth-order valence-electron chi connectivity index (χ4n) is 7.21. The number of hydrogen-bond acceptors (Lipinski definition) is 8. The highest BCUT2D eigenvalue weighted by molar-refractivity contribution is 5.70. The van der Waals surface area contributed by atoms with Crippen LogP contribution in [0.25, 0.3) is 0 Å². The molecule has 0 aromatic carbocycles. The number of esters is 2. The highest BCUT2D eigenvalue weighted by atomic mass is 16.7. The zero-order valence-electron chi connectivity index (χ0n) is 40.5. The molecule has 358 valence electrons. The van der Waals surface area contributed by atoms with Crippen molar-refractivity contribution in [2.75, 3.05) is 47.5 Å². The second-order valence-electron chi connectivity index (χ2n) is 18.5. The molecule has 0 aliphatic carbocycles. The lowest BCUT2D eigenvalue weighted by Crippen LogP contribution is -2.44. The Bertz CT molecular complexity index is 1050. The van der Waals surface area contributed by atoms with Gasteiger partial charge < -0.3 is 33.3 Å². The lowest BCUT2D eigenvalue weighted by Gasteiger charge is -2.26. The highest BCUT2D eigenvalue weighted by Crippen LogP contribution is 2.16. The Hall–Kier alpha value is -2.23.